The first-order valence-corrected chi connectivity index (χ1v) is 11.3. The number of rotatable bonds is 6. The van der Waals surface area contributed by atoms with E-state index >= 15 is 0 Å². The van der Waals surface area contributed by atoms with Gasteiger partial charge in [-0.25, -0.2) is 0 Å². The molecule has 0 amide bonds. The van der Waals surface area contributed by atoms with Crippen LogP contribution in [0.1, 0.15) is 37.4 Å². The molecular weight excluding hydrogens is 412 g/mol. The fourth-order valence-corrected chi connectivity index (χ4v) is 6.13. The van der Waals surface area contributed by atoms with Crippen LogP contribution in [0.2, 0.25) is 0 Å². The minimum absolute atomic E-state index is 0.0896. The largest absolute Gasteiger partial charge is 0.493 e. The minimum atomic E-state index is -3.83. The molecule has 3 rings (SSSR count). The fraction of sp³-hybridized carbons (Fsp3) is 0.650. The number of esters is 1. The standard InChI is InChI=1S/C20H30N2O7S/c1-13-11-21(12-14(2)29-13)30(24,25)22-7-6-15-8-18(26-3)19(27-4)9-16(15)17(22)10-20(23)28-5/h8-9,13-14,17H,6-7,10-12H2,1-5H3. The molecule has 1 fully saturated rings. The van der Waals surface area contributed by atoms with E-state index in [4.69, 9.17) is 18.9 Å². The molecule has 168 valence electrons. The lowest BCUT2D eigenvalue weighted by Gasteiger charge is -2.42. The van der Waals surface area contributed by atoms with Gasteiger partial charge >= 0.3 is 5.97 Å². The van der Waals surface area contributed by atoms with Crippen LogP contribution in [0, 0.1) is 0 Å². The van der Waals surface area contributed by atoms with Crippen molar-refractivity contribution in [1.29, 1.82) is 0 Å². The summed E-state index contributed by atoms with van der Waals surface area (Å²) in [6.45, 7) is 4.51. The summed E-state index contributed by atoms with van der Waals surface area (Å²) >= 11 is 0. The van der Waals surface area contributed by atoms with Gasteiger partial charge < -0.3 is 18.9 Å². The van der Waals surface area contributed by atoms with Crippen molar-refractivity contribution in [2.45, 2.75) is 44.9 Å². The molecule has 3 unspecified atom stereocenters. The van der Waals surface area contributed by atoms with Crippen molar-refractivity contribution in [3.63, 3.8) is 0 Å². The van der Waals surface area contributed by atoms with Gasteiger partial charge in [0.15, 0.2) is 11.5 Å². The Morgan fingerprint density at radius 1 is 1.10 bits per heavy atom. The summed E-state index contributed by atoms with van der Waals surface area (Å²) < 4.78 is 51.4. The molecule has 2 heterocycles. The Balaban J connectivity index is 2.03. The van der Waals surface area contributed by atoms with E-state index in [0.29, 0.717) is 17.9 Å². The van der Waals surface area contributed by atoms with E-state index in [2.05, 4.69) is 0 Å². The van der Waals surface area contributed by atoms with Gasteiger partial charge in [0, 0.05) is 19.6 Å². The third kappa shape index (κ3) is 4.41. The lowest BCUT2D eigenvalue weighted by molar-refractivity contribution is -0.141. The topological polar surface area (TPSA) is 94.6 Å². The van der Waals surface area contributed by atoms with Gasteiger partial charge in [-0.05, 0) is 43.5 Å². The van der Waals surface area contributed by atoms with Gasteiger partial charge in [-0.3, -0.25) is 4.79 Å². The van der Waals surface area contributed by atoms with E-state index in [-0.39, 0.29) is 38.3 Å². The van der Waals surface area contributed by atoms with Crippen LogP contribution < -0.4 is 9.47 Å². The second-order valence-electron chi connectivity index (χ2n) is 7.64. The van der Waals surface area contributed by atoms with Gasteiger partial charge in [-0.1, -0.05) is 0 Å². The quantitative estimate of drug-likeness (QED) is 0.617. The fourth-order valence-electron chi connectivity index (χ4n) is 4.20. The van der Waals surface area contributed by atoms with Crippen LogP contribution >= 0.6 is 0 Å². The zero-order valence-corrected chi connectivity index (χ0v) is 18.9. The molecule has 0 aromatic heterocycles. The number of hydrogen-bond acceptors (Lipinski definition) is 7. The van der Waals surface area contributed by atoms with Crippen molar-refractivity contribution < 1.29 is 32.2 Å². The number of methoxy groups -OCH3 is 3. The molecule has 1 saturated heterocycles. The second kappa shape index (κ2) is 9.09. The highest BCUT2D eigenvalue weighted by atomic mass is 32.2. The molecule has 9 nitrogen and oxygen atoms in total. The van der Waals surface area contributed by atoms with Crippen molar-refractivity contribution in [3.05, 3.63) is 23.3 Å². The Labute approximate surface area is 178 Å². The first-order chi connectivity index (χ1) is 14.2. The SMILES string of the molecule is COC(=O)CC1c2cc(OC)c(OC)cc2CCN1S(=O)(=O)N1CC(C)OC(C)C1. The molecule has 3 atom stereocenters. The molecule has 0 aliphatic carbocycles. The number of carbonyl (C=O) groups excluding carboxylic acids is 1. The average Bonchev–Trinajstić information content (AvgIpc) is 2.71. The normalized spacial score (nSPS) is 25.4. The summed E-state index contributed by atoms with van der Waals surface area (Å²) in [4.78, 5) is 12.2. The lowest BCUT2D eigenvalue weighted by Crippen LogP contribution is -2.55. The monoisotopic (exact) mass is 442 g/mol. The molecule has 30 heavy (non-hydrogen) atoms. The third-order valence-electron chi connectivity index (χ3n) is 5.55. The zero-order chi connectivity index (χ0) is 22.1. The van der Waals surface area contributed by atoms with E-state index in [1.807, 2.05) is 19.9 Å². The summed E-state index contributed by atoms with van der Waals surface area (Å²) in [5, 5.41) is 0. The Bertz CT molecular complexity index is 879. The predicted molar refractivity (Wildman–Crippen MR) is 110 cm³/mol. The molecule has 0 saturated carbocycles. The van der Waals surface area contributed by atoms with E-state index in [0.717, 1.165) is 11.1 Å². The predicted octanol–water partition coefficient (Wildman–Crippen LogP) is 1.52. The minimum Gasteiger partial charge on any atom is -0.493 e. The van der Waals surface area contributed by atoms with Gasteiger partial charge in [0.2, 0.25) is 0 Å². The second-order valence-corrected chi connectivity index (χ2v) is 9.53. The van der Waals surface area contributed by atoms with E-state index in [1.165, 1.54) is 22.8 Å². The number of ether oxygens (including phenoxy) is 4. The number of benzene rings is 1. The number of nitrogens with zero attached hydrogens (tertiary/aromatic N) is 2. The maximum atomic E-state index is 13.6. The number of carbonyl (C=O) groups is 1. The molecule has 1 aromatic rings. The Morgan fingerprint density at radius 3 is 2.27 bits per heavy atom. The summed E-state index contributed by atoms with van der Waals surface area (Å²) in [6, 6.07) is 2.91. The van der Waals surface area contributed by atoms with Gasteiger partial charge in [-0.15, -0.1) is 0 Å². The van der Waals surface area contributed by atoms with Crippen molar-refractivity contribution >= 4 is 16.2 Å². The Morgan fingerprint density at radius 2 is 1.70 bits per heavy atom. The highest BCUT2D eigenvalue weighted by Gasteiger charge is 2.42. The molecule has 0 bridgehead atoms. The average molecular weight is 443 g/mol. The molecule has 10 heteroatoms. The maximum absolute atomic E-state index is 13.6. The van der Waals surface area contributed by atoms with Crippen LogP contribution in [0.5, 0.6) is 11.5 Å². The van der Waals surface area contributed by atoms with Crippen LogP contribution in [0.4, 0.5) is 0 Å². The van der Waals surface area contributed by atoms with Crippen LogP contribution in [-0.2, 0) is 30.9 Å². The van der Waals surface area contributed by atoms with Crippen molar-refractivity contribution in [2.75, 3.05) is 41.0 Å². The summed E-state index contributed by atoms with van der Waals surface area (Å²) in [7, 11) is 0.545. The molecule has 0 radical (unpaired) electrons. The molecular formula is C20H30N2O7S. The molecule has 2 aliphatic rings. The van der Waals surface area contributed by atoms with Crippen LogP contribution in [0.3, 0.4) is 0 Å². The summed E-state index contributed by atoms with van der Waals surface area (Å²) in [5.41, 5.74) is 1.65. The maximum Gasteiger partial charge on any atom is 0.307 e. The molecule has 2 aliphatic heterocycles. The third-order valence-corrected chi connectivity index (χ3v) is 7.53. The summed E-state index contributed by atoms with van der Waals surface area (Å²) in [6.07, 6.45) is 0.00317. The van der Waals surface area contributed by atoms with Crippen LogP contribution in [-0.4, -0.2) is 76.2 Å². The lowest BCUT2D eigenvalue weighted by atomic mass is 9.91. The van der Waals surface area contributed by atoms with Crippen LogP contribution in [0.15, 0.2) is 12.1 Å². The first-order valence-electron chi connectivity index (χ1n) is 9.95. The van der Waals surface area contributed by atoms with E-state index in [1.54, 1.807) is 13.2 Å². The smallest absolute Gasteiger partial charge is 0.307 e. The Kier molecular flexibility index (Phi) is 6.91. The number of morpholine rings is 1. The van der Waals surface area contributed by atoms with Crippen molar-refractivity contribution in [2.24, 2.45) is 0 Å². The Hall–Kier alpha value is -1.88. The van der Waals surface area contributed by atoms with Gasteiger partial charge in [0.25, 0.3) is 10.2 Å². The number of hydrogen-bond donors (Lipinski definition) is 0. The van der Waals surface area contributed by atoms with Crippen LogP contribution in [0.25, 0.3) is 0 Å². The van der Waals surface area contributed by atoms with Gasteiger partial charge in [0.05, 0.1) is 46.0 Å². The van der Waals surface area contributed by atoms with E-state index < -0.39 is 22.2 Å². The number of fused-ring (bicyclic) bond motifs is 1. The summed E-state index contributed by atoms with van der Waals surface area (Å²) in [5.74, 6) is 0.575. The van der Waals surface area contributed by atoms with Gasteiger partial charge in [-0.2, -0.15) is 17.0 Å². The highest BCUT2D eigenvalue weighted by molar-refractivity contribution is 7.86. The van der Waals surface area contributed by atoms with Crippen molar-refractivity contribution in [3.8, 4) is 11.5 Å². The first kappa shape index (κ1) is 22.8. The zero-order valence-electron chi connectivity index (χ0n) is 18.1. The molecule has 1 aromatic carbocycles. The van der Waals surface area contributed by atoms with Crippen molar-refractivity contribution in [1.82, 2.24) is 8.61 Å². The highest BCUT2D eigenvalue weighted by Crippen LogP contribution is 2.41. The molecule has 0 N–H and O–H groups in total. The van der Waals surface area contributed by atoms with Gasteiger partial charge in [0.1, 0.15) is 0 Å². The molecule has 0 spiro atoms. The van der Waals surface area contributed by atoms with E-state index in [9.17, 15) is 13.2 Å².